The van der Waals surface area contributed by atoms with E-state index in [9.17, 15) is 9.18 Å². The molecule has 0 saturated carbocycles. The molecule has 0 bridgehead atoms. The minimum absolute atomic E-state index is 0.241. The van der Waals surface area contributed by atoms with Crippen molar-refractivity contribution < 1.29 is 18.4 Å². The molecule has 0 atom stereocenters. The molecular formula is C17H21FN4O3. The number of halogens is 1. The lowest BCUT2D eigenvalue weighted by Crippen LogP contribution is -2.41. The number of amides is 1. The van der Waals surface area contributed by atoms with Crippen molar-refractivity contribution in [3.05, 3.63) is 41.3 Å². The van der Waals surface area contributed by atoms with Crippen molar-refractivity contribution in [2.75, 3.05) is 31.2 Å². The molecule has 2 heterocycles. The zero-order valence-corrected chi connectivity index (χ0v) is 14.5. The molecule has 1 saturated heterocycles. The molecule has 1 aromatic carbocycles. The van der Waals surface area contributed by atoms with Crippen LogP contribution in [0.1, 0.15) is 35.9 Å². The molecule has 0 radical (unpaired) electrons. The highest BCUT2D eigenvalue weighted by molar-refractivity contribution is 5.95. The van der Waals surface area contributed by atoms with Gasteiger partial charge in [0.05, 0.1) is 13.2 Å². The summed E-state index contributed by atoms with van der Waals surface area (Å²) in [7, 11) is 0. The molecule has 3 rings (SSSR count). The predicted molar refractivity (Wildman–Crippen MR) is 89.0 cm³/mol. The Hall–Kier alpha value is -2.48. The first-order valence-electron chi connectivity index (χ1n) is 8.12. The topological polar surface area (TPSA) is 80.5 Å². The van der Waals surface area contributed by atoms with Gasteiger partial charge in [-0.25, -0.2) is 4.39 Å². The van der Waals surface area contributed by atoms with E-state index in [1.165, 1.54) is 12.1 Å². The molecule has 1 aliphatic heterocycles. The third kappa shape index (κ3) is 3.96. The van der Waals surface area contributed by atoms with Crippen molar-refractivity contribution in [3.63, 3.8) is 0 Å². The Balaban J connectivity index is 1.80. The summed E-state index contributed by atoms with van der Waals surface area (Å²) >= 11 is 0. The van der Waals surface area contributed by atoms with E-state index < -0.39 is 17.3 Å². The van der Waals surface area contributed by atoms with Crippen LogP contribution in [-0.4, -0.2) is 42.4 Å². The molecule has 0 spiro atoms. The van der Waals surface area contributed by atoms with E-state index in [4.69, 9.17) is 9.26 Å². The first kappa shape index (κ1) is 17.3. The van der Waals surface area contributed by atoms with E-state index in [1.807, 2.05) is 4.90 Å². The minimum atomic E-state index is -0.871. The molecule has 1 N–H and O–H groups in total. The van der Waals surface area contributed by atoms with Gasteiger partial charge in [-0.05, 0) is 39.0 Å². The number of ether oxygens (including phenoxy) is 1. The van der Waals surface area contributed by atoms with Crippen LogP contribution in [0.5, 0.6) is 0 Å². The Morgan fingerprint density at radius 3 is 2.64 bits per heavy atom. The second-order valence-electron chi connectivity index (χ2n) is 6.52. The maximum atomic E-state index is 14.0. The standard InChI is InChI=1S/C17H21FN4O3/c1-11-19-16(25-21-11)17(2,3)20-15(23)12-8-13(18)10-14(9-12)22-4-6-24-7-5-22/h8-10H,4-7H2,1-3H3,(H,20,23). The average molecular weight is 348 g/mol. The van der Waals surface area contributed by atoms with Gasteiger partial charge in [-0.2, -0.15) is 4.98 Å². The van der Waals surface area contributed by atoms with Gasteiger partial charge in [0.1, 0.15) is 11.4 Å². The van der Waals surface area contributed by atoms with Crippen LogP contribution >= 0.6 is 0 Å². The predicted octanol–water partition coefficient (Wildman–Crippen LogP) is 2.02. The maximum absolute atomic E-state index is 14.0. The van der Waals surface area contributed by atoms with Gasteiger partial charge in [0.2, 0.25) is 0 Å². The molecule has 134 valence electrons. The van der Waals surface area contributed by atoms with Crippen molar-refractivity contribution in [1.29, 1.82) is 0 Å². The minimum Gasteiger partial charge on any atom is -0.378 e. The SMILES string of the molecule is Cc1noc(C(C)(C)NC(=O)c2cc(F)cc(N3CCOCC3)c2)n1. The number of anilines is 1. The summed E-state index contributed by atoms with van der Waals surface area (Å²) in [5.74, 6) is -0.0868. The quantitative estimate of drug-likeness (QED) is 0.910. The number of nitrogens with zero attached hydrogens (tertiary/aromatic N) is 3. The molecule has 1 aromatic heterocycles. The highest BCUT2D eigenvalue weighted by atomic mass is 19.1. The van der Waals surface area contributed by atoms with E-state index in [-0.39, 0.29) is 5.56 Å². The fourth-order valence-electron chi connectivity index (χ4n) is 2.67. The van der Waals surface area contributed by atoms with Gasteiger partial charge in [0.25, 0.3) is 11.8 Å². The van der Waals surface area contributed by atoms with Crippen LogP contribution in [0.3, 0.4) is 0 Å². The van der Waals surface area contributed by atoms with Crippen LogP contribution in [0.2, 0.25) is 0 Å². The molecule has 0 aliphatic carbocycles. The Kier molecular flexibility index (Phi) is 4.71. The van der Waals surface area contributed by atoms with Gasteiger partial charge in [-0.1, -0.05) is 5.16 Å². The summed E-state index contributed by atoms with van der Waals surface area (Å²) in [5.41, 5.74) is 0.0368. The normalized spacial score (nSPS) is 15.3. The van der Waals surface area contributed by atoms with Gasteiger partial charge in [-0.15, -0.1) is 0 Å². The van der Waals surface area contributed by atoms with E-state index in [1.54, 1.807) is 26.8 Å². The van der Waals surface area contributed by atoms with Crippen LogP contribution in [-0.2, 0) is 10.3 Å². The number of carbonyl (C=O) groups is 1. The summed E-state index contributed by atoms with van der Waals surface area (Å²) in [6, 6.07) is 4.32. The van der Waals surface area contributed by atoms with Gasteiger partial charge in [0, 0.05) is 24.3 Å². The summed E-state index contributed by atoms with van der Waals surface area (Å²) in [6.45, 7) is 7.70. The van der Waals surface area contributed by atoms with Gasteiger partial charge in [-0.3, -0.25) is 4.79 Å². The Morgan fingerprint density at radius 2 is 2.00 bits per heavy atom. The molecule has 7 nitrogen and oxygen atoms in total. The molecule has 1 amide bonds. The molecule has 1 aliphatic rings. The highest BCUT2D eigenvalue weighted by Gasteiger charge is 2.30. The molecular weight excluding hydrogens is 327 g/mol. The average Bonchev–Trinajstić information content (AvgIpc) is 3.02. The summed E-state index contributed by atoms with van der Waals surface area (Å²) in [6.07, 6.45) is 0. The maximum Gasteiger partial charge on any atom is 0.252 e. The van der Waals surface area contributed by atoms with Crippen molar-refractivity contribution in [1.82, 2.24) is 15.5 Å². The third-order valence-corrected chi connectivity index (χ3v) is 4.01. The van der Waals surface area contributed by atoms with Crippen molar-refractivity contribution in [2.24, 2.45) is 0 Å². The van der Waals surface area contributed by atoms with Crippen LogP contribution < -0.4 is 10.2 Å². The van der Waals surface area contributed by atoms with Crippen LogP contribution in [0.4, 0.5) is 10.1 Å². The first-order valence-corrected chi connectivity index (χ1v) is 8.12. The zero-order chi connectivity index (χ0) is 18.0. The lowest BCUT2D eigenvalue weighted by atomic mass is 10.0. The fraction of sp³-hybridized carbons (Fsp3) is 0.471. The first-order chi connectivity index (χ1) is 11.8. The van der Waals surface area contributed by atoms with Gasteiger partial charge >= 0.3 is 0 Å². The van der Waals surface area contributed by atoms with E-state index in [0.29, 0.717) is 43.7 Å². The molecule has 25 heavy (non-hydrogen) atoms. The lowest BCUT2D eigenvalue weighted by molar-refractivity contribution is 0.0894. The number of morpholine rings is 1. The Labute approximate surface area is 145 Å². The van der Waals surface area contributed by atoms with Crippen LogP contribution in [0.15, 0.2) is 22.7 Å². The molecule has 1 fully saturated rings. The fourth-order valence-corrected chi connectivity index (χ4v) is 2.67. The number of aromatic nitrogens is 2. The van der Waals surface area contributed by atoms with Crippen molar-refractivity contribution in [2.45, 2.75) is 26.3 Å². The van der Waals surface area contributed by atoms with Crippen molar-refractivity contribution in [3.8, 4) is 0 Å². The lowest BCUT2D eigenvalue weighted by Gasteiger charge is -2.29. The van der Waals surface area contributed by atoms with E-state index >= 15 is 0 Å². The van der Waals surface area contributed by atoms with E-state index in [0.717, 1.165) is 0 Å². The monoisotopic (exact) mass is 348 g/mol. The van der Waals surface area contributed by atoms with Gasteiger partial charge in [0.15, 0.2) is 5.82 Å². The second-order valence-corrected chi connectivity index (χ2v) is 6.52. The largest absolute Gasteiger partial charge is 0.378 e. The van der Waals surface area contributed by atoms with E-state index in [2.05, 4.69) is 15.5 Å². The summed E-state index contributed by atoms with van der Waals surface area (Å²) in [5, 5.41) is 6.55. The molecule has 0 unspecified atom stereocenters. The van der Waals surface area contributed by atoms with Gasteiger partial charge < -0.3 is 19.5 Å². The number of benzene rings is 1. The number of hydrogen-bond donors (Lipinski definition) is 1. The van der Waals surface area contributed by atoms with Crippen LogP contribution in [0, 0.1) is 12.7 Å². The van der Waals surface area contributed by atoms with Crippen LogP contribution in [0.25, 0.3) is 0 Å². The van der Waals surface area contributed by atoms with Crippen molar-refractivity contribution >= 4 is 11.6 Å². The second kappa shape index (κ2) is 6.79. The Bertz CT molecular complexity index is 769. The zero-order valence-electron chi connectivity index (χ0n) is 14.5. The smallest absolute Gasteiger partial charge is 0.252 e. The number of hydrogen-bond acceptors (Lipinski definition) is 6. The number of rotatable bonds is 4. The molecule has 8 heteroatoms. The third-order valence-electron chi connectivity index (χ3n) is 4.01. The Morgan fingerprint density at radius 1 is 1.28 bits per heavy atom. The summed E-state index contributed by atoms with van der Waals surface area (Å²) in [4.78, 5) is 18.8. The summed E-state index contributed by atoms with van der Waals surface area (Å²) < 4.78 is 24.5. The highest BCUT2D eigenvalue weighted by Crippen LogP contribution is 2.22. The number of carbonyl (C=O) groups excluding carboxylic acids is 1. The number of nitrogens with one attached hydrogen (secondary N) is 1. The number of aryl methyl sites for hydroxylation is 1. The molecule has 2 aromatic rings.